The van der Waals surface area contributed by atoms with Gasteiger partial charge >= 0.3 is 0 Å². The van der Waals surface area contributed by atoms with E-state index in [4.69, 9.17) is 16.9 Å². The lowest BCUT2D eigenvalue weighted by atomic mass is 10.2. The van der Waals surface area contributed by atoms with Crippen molar-refractivity contribution in [1.82, 2.24) is 4.90 Å². The molecule has 1 aromatic rings. The van der Waals surface area contributed by atoms with Gasteiger partial charge in [-0.2, -0.15) is 5.26 Å². The Morgan fingerprint density at radius 1 is 1.38 bits per heavy atom. The standard InChI is InChI=1S/C13H17ClN2/c1-12(14)10-16(9-5-8-15)11-13-6-3-2-4-7-13/h2-4,6-7,12H,5,9-11H2,1H3. The van der Waals surface area contributed by atoms with Gasteiger partial charge in [0.1, 0.15) is 0 Å². The molecule has 3 heteroatoms. The molecule has 1 unspecified atom stereocenters. The Hall–Kier alpha value is -1.04. The fourth-order valence-corrected chi connectivity index (χ4v) is 1.84. The van der Waals surface area contributed by atoms with Gasteiger partial charge in [0, 0.05) is 31.4 Å². The van der Waals surface area contributed by atoms with Gasteiger partial charge < -0.3 is 0 Å². The van der Waals surface area contributed by atoms with E-state index < -0.39 is 0 Å². The van der Waals surface area contributed by atoms with Gasteiger partial charge in [-0.25, -0.2) is 0 Å². The first-order valence-corrected chi connectivity index (χ1v) is 5.93. The summed E-state index contributed by atoms with van der Waals surface area (Å²) in [6, 6.07) is 12.4. The van der Waals surface area contributed by atoms with Crippen molar-refractivity contribution in [2.75, 3.05) is 13.1 Å². The van der Waals surface area contributed by atoms with Gasteiger partial charge in [0.15, 0.2) is 0 Å². The van der Waals surface area contributed by atoms with Crippen molar-refractivity contribution in [3.63, 3.8) is 0 Å². The van der Waals surface area contributed by atoms with Crippen LogP contribution in [0.15, 0.2) is 30.3 Å². The fourth-order valence-electron chi connectivity index (χ4n) is 1.64. The second-order valence-corrected chi connectivity index (χ2v) is 4.65. The maximum atomic E-state index is 8.61. The molecule has 0 bridgehead atoms. The molecule has 0 aliphatic rings. The van der Waals surface area contributed by atoms with E-state index in [0.29, 0.717) is 6.42 Å². The van der Waals surface area contributed by atoms with Crippen LogP contribution in [0.4, 0.5) is 0 Å². The zero-order valence-corrected chi connectivity index (χ0v) is 10.3. The average Bonchev–Trinajstić information content (AvgIpc) is 2.26. The first kappa shape index (κ1) is 13.0. The minimum absolute atomic E-state index is 0.113. The topological polar surface area (TPSA) is 27.0 Å². The normalized spacial score (nSPS) is 12.4. The Morgan fingerprint density at radius 3 is 2.62 bits per heavy atom. The predicted octanol–water partition coefficient (Wildman–Crippen LogP) is 3.03. The van der Waals surface area contributed by atoms with Crippen LogP contribution in [0.3, 0.4) is 0 Å². The SMILES string of the molecule is CC(Cl)CN(CCC#N)Cc1ccccc1. The van der Waals surface area contributed by atoms with Gasteiger partial charge in [-0.05, 0) is 12.5 Å². The van der Waals surface area contributed by atoms with Crippen molar-refractivity contribution in [2.45, 2.75) is 25.3 Å². The molecule has 1 aromatic carbocycles. The molecule has 0 amide bonds. The highest BCUT2D eigenvalue weighted by atomic mass is 35.5. The number of alkyl halides is 1. The van der Waals surface area contributed by atoms with E-state index in [1.54, 1.807) is 0 Å². The second-order valence-electron chi connectivity index (χ2n) is 3.91. The van der Waals surface area contributed by atoms with Crippen LogP contribution in [0.1, 0.15) is 18.9 Å². The molecule has 0 aliphatic heterocycles. The zero-order valence-electron chi connectivity index (χ0n) is 9.56. The van der Waals surface area contributed by atoms with Crippen molar-refractivity contribution in [3.05, 3.63) is 35.9 Å². The molecule has 86 valence electrons. The van der Waals surface area contributed by atoms with Crippen LogP contribution in [0.5, 0.6) is 0 Å². The third kappa shape index (κ3) is 5.16. The lowest BCUT2D eigenvalue weighted by molar-refractivity contribution is 0.274. The van der Waals surface area contributed by atoms with Crippen molar-refractivity contribution in [1.29, 1.82) is 5.26 Å². The van der Waals surface area contributed by atoms with E-state index in [0.717, 1.165) is 19.6 Å². The maximum absolute atomic E-state index is 8.61. The van der Waals surface area contributed by atoms with E-state index >= 15 is 0 Å². The van der Waals surface area contributed by atoms with Crippen LogP contribution >= 0.6 is 11.6 Å². The monoisotopic (exact) mass is 236 g/mol. The first-order chi connectivity index (χ1) is 7.72. The van der Waals surface area contributed by atoms with Crippen molar-refractivity contribution in [2.24, 2.45) is 0 Å². The molecule has 0 aliphatic carbocycles. The van der Waals surface area contributed by atoms with Gasteiger partial charge in [-0.1, -0.05) is 30.3 Å². The highest BCUT2D eigenvalue weighted by Crippen LogP contribution is 2.07. The summed E-state index contributed by atoms with van der Waals surface area (Å²) < 4.78 is 0. The van der Waals surface area contributed by atoms with Crippen molar-refractivity contribution >= 4 is 11.6 Å². The lowest BCUT2D eigenvalue weighted by Crippen LogP contribution is -2.29. The Bertz CT molecular complexity index is 330. The molecule has 0 heterocycles. The third-order valence-electron chi connectivity index (χ3n) is 2.30. The molecular weight excluding hydrogens is 220 g/mol. The van der Waals surface area contributed by atoms with E-state index in [1.807, 2.05) is 25.1 Å². The van der Waals surface area contributed by atoms with Gasteiger partial charge in [-0.15, -0.1) is 11.6 Å². The molecule has 0 aromatic heterocycles. The molecule has 16 heavy (non-hydrogen) atoms. The Balaban J connectivity index is 2.53. The summed E-state index contributed by atoms with van der Waals surface area (Å²) in [6.45, 7) is 4.44. The van der Waals surface area contributed by atoms with Gasteiger partial charge in [-0.3, -0.25) is 4.90 Å². The number of benzene rings is 1. The highest BCUT2D eigenvalue weighted by molar-refractivity contribution is 6.20. The van der Waals surface area contributed by atoms with E-state index in [1.165, 1.54) is 5.56 Å². The van der Waals surface area contributed by atoms with Crippen LogP contribution in [0.2, 0.25) is 0 Å². The number of rotatable bonds is 6. The summed E-state index contributed by atoms with van der Waals surface area (Å²) in [5.41, 5.74) is 1.26. The highest BCUT2D eigenvalue weighted by Gasteiger charge is 2.08. The third-order valence-corrected chi connectivity index (χ3v) is 2.44. The molecule has 0 fully saturated rings. The minimum Gasteiger partial charge on any atom is -0.297 e. The van der Waals surface area contributed by atoms with Gasteiger partial charge in [0.25, 0.3) is 0 Å². The summed E-state index contributed by atoms with van der Waals surface area (Å²) in [5.74, 6) is 0. The molecule has 0 spiro atoms. The minimum atomic E-state index is 0.113. The second kappa shape index (κ2) is 7.27. The van der Waals surface area contributed by atoms with E-state index in [-0.39, 0.29) is 5.38 Å². The maximum Gasteiger partial charge on any atom is 0.0635 e. The number of halogens is 1. The van der Waals surface area contributed by atoms with Crippen molar-refractivity contribution < 1.29 is 0 Å². The quantitative estimate of drug-likeness (QED) is 0.710. The van der Waals surface area contributed by atoms with Crippen LogP contribution in [0.25, 0.3) is 0 Å². The number of nitriles is 1. The first-order valence-electron chi connectivity index (χ1n) is 5.49. The summed E-state index contributed by atoms with van der Waals surface area (Å²) in [7, 11) is 0. The molecule has 0 saturated heterocycles. The van der Waals surface area contributed by atoms with E-state index in [9.17, 15) is 0 Å². The molecule has 1 atom stereocenters. The number of hydrogen-bond acceptors (Lipinski definition) is 2. The molecule has 0 N–H and O–H groups in total. The Kier molecular flexibility index (Phi) is 5.92. The summed E-state index contributed by atoms with van der Waals surface area (Å²) in [5, 5.41) is 8.72. The number of nitrogens with zero attached hydrogens (tertiary/aromatic N) is 2. The largest absolute Gasteiger partial charge is 0.297 e. The molecule has 2 nitrogen and oxygen atoms in total. The fraction of sp³-hybridized carbons (Fsp3) is 0.462. The van der Waals surface area contributed by atoms with Gasteiger partial charge in [0.2, 0.25) is 0 Å². The number of hydrogen-bond donors (Lipinski definition) is 0. The predicted molar refractivity (Wildman–Crippen MR) is 67.3 cm³/mol. The summed E-state index contributed by atoms with van der Waals surface area (Å²) >= 11 is 5.99. The zero-order chi connectivity index (χ0) is 11.8. The van der Waals surface area contributed by atoms with Crippen LogP contribution in [-0.2, 0) is 6.54 Å². The van der Waals surface area contributed by atoms with Gasteiger partial charge in [0.05, 0.1) is 6.07 Å². The van der Waals surface area contributed by atoms with E-state index in [2.05, 4.69) is 23.1 Å². The molecule has 0 saturated carbocycles. The average molecular weight is 237 g/mol. The van der Waals surface area contributed by atoms with Crippen molar-refractivity contribution in [3.8, 4) is 6.07 Å². The Morgan fingerprint density at radius 2 is 2.06 bits per heavy atom. The summed E-state index contributed by atoms with van der Waals surface area (Å²) in [4.78, 5) is 2.22. The summed E-state index contributed by atoms with van der Waals surface area (Å²) in [6.07, 6.45) is 0.552. The smallest absolute Gasteiger partial charge is 0.0635 e. The molecule has 0 radical (unpaired) electrons. The molecular formula is C13H17ClN2. The van der Waals surface area contributed by atoms with Crippen LogP contribution < -0.4 is 0 Å². The van der Waals surface area contributed by atoms with Crippen LogP contribution in [0, 0.1) is 11.3 Å². The Labute approximate surface area is 102 Å². The lowest BCUT2D eigenvalue weighted by Gasteiger charge is -2.22. The van der Waals surface area contributed by atoms with Crippen LogP contribution in [-0.4, -0.2) is 23.4 Å². The molecule has 1 rings (SSSR count).